The van der Waals surface area contributed by atoms with E-state index in [1.165, 1.54) is 17.8 Å². The molecule has 0 bridgehead atoms. The molecule has 0 aliphatic heterocycles. The first-order chi connectivity index (χ1) is 10.7. The Morgan fingerprint density at radius 1 is 1.27 bits per heavy atom. The molecule has 1 fully saturated rings. The van der Waals surface area contributed by atoms with Gasteiger partial charge >= 0.3 is 0 Å². The number of aromatic nitrogens is 1. The lowest BCUT2D eigenvalue weighted by Crippen LogP contribution is -2.24. The summed E-state index contributed by atoms with van der Waals surface area (Å²) in [6.45, 7) is 0. The van der Waals surface area contributed by atoms with Crippen molar-refractivity contribution in [2.45, 2.75) is 38.5 Å². The highest BCUT2D eigenvalue weighted by Crippen LogP contribution is 2.27. The van der Waals surface area contributed by atoms with E-state index < -0.39 is 0 Å². The third-order valence-electron chi connectivity index (χ3n) is 4.08. The Kier molecular flexibility index (Phi) is 5.11. The maximum Gasteiger partial charge on any atom is 0.229 e. The monoisotopic (exact) mass is 334 g/mol. The van der Waals surface area contributed by atoms with Crippen molar-refractivity contribution in [2.75, 3.05) is 5.32 Å². The molecule has 3 rings (SSSR count). The Balaban J connectivity index is 1.61. The average molecular weight is 335 g/mol. The third kappa shape index (κ3) is 3.87. The van der Waals surface area contributed by atoms with E-state index in [-0.39, 0.29) is 11.8 Å². The van der Waals surface area contributed by atoms with Gasteiger partial charge in [0.05, 0.1) is 0 Å². The molecule has 22 heavy (non-hydrogen) atoms. The molecule has 3 nitrogen and oxygen atoms in total. The zero-order chi connectivity index (χ0) is 15.4. The standard InChI is InChI=1S/C17H19ClN2OS/c18-15-9-5-4-8-13(15)10-14-11-19-17(22-14)20-16(21)12-6-2-1-3-7-12/h4-5,8-9,11-12H,1-3,6-7,10H2,(H,19,20,21). The van der Waals surface area contributed by atoms with Crippen LogP contribution in [-0.2, 0) is 11.2 Å². The molecule has 116 valence electrons. The van der Waals surface area contributed by atoms with Crippen LogP contribution in [-0.4, -0.2) is 10.9 Å². The lowest BCUT2D eigenvalue weighted by Gasteiger charge is -2.19. The molecule has 1 heterocycles. The van der Waals surface area contributed by atoms with Gasteiger partial charge in [-0.05, 0) is 24.5 Å². The number of rotatable bonds is 4. The van der Waals surface area contributed by atoms with E-state index in [0.29, 0.717) is 5.13 Å². The van der Waals surface area contributed by atoms with Gasteiger partial charge in [-0.25, -0.2) is 4.98 Å². The summed E-state index contributed by atoms with van der Waals surface area (Å²) in [6.07, 6.45) is 8.15. The fraction of sp³-hybridized carbons (Fsp3) is 0.412. The zero-order valence-corrected chi connectivity index (χ0v) is 13.9. The van der Waals surface area contributed by atoms with Crippen LogP contribution in [0.4, 0.5) is 5.13 Å². The van der Waals surface area contributed by atoms with Crippen molar-refractivity contribution in [1.82, 2.24) is 4.98 Å². The predicted octanol–water partition coefficient (Wildman–Crippen LogP) is 4.91. The number of thiazole rings is 1. The van der Waals surface area contributed by atoms with Crippen molar-refractivity contribution < 1.29 is 4.79 Å². The minimum Gasteiger partial charge on any atom is -0.302 e. The second kappa shape index (κ2) is 7.25. The number of carbonyl (C=O) groups is 1. The van der Waals surface area contributed by atoms with Gasteiger partial charge in [0.25, 0.3) is 0 Å². The fourth-order valence-electron chi connectivity index (χ4n) is 2.85. The maximum atomic E-state index is 12.2. The molecule has 2 aromatic rings. The van der Waals surface area contributed by atoms with E-state index in [1.54, 1.807) is 0 Å². The maximum absolute atomic E-state index is 12.2. The van der Waals surface area contributed by atoms with Crippen LogP contribution < -0.4 is 5.32 Å². The molecule has 5 heteroatoms. The Hall–Kier alpha value is -1.39. The summed E-state index contributed by atoms with van der Waals surface area (Å²) in [7, 11) is 0. The summed E-state index contributed by atoms with van der Waals surface area (Å²) < 4.78 is 0. The van der Waals surface area contributed by atoms with Crippen LogP contribution in [0.5, 0.6) is 0 Å². The molecule has 1 aromatic heterocycles. The van der Waals surface area contributed by atoms with Gasteiger partial charge in [0.2, 0.25) is 5.91 Å². The van der Waals surface area contributed by atoms with E-state index in [1.807, 2.05) is 30.5 Å². The predicted molar refractivity (Wildman–Crippen MR) is 91.6 cm³/mol. The third-order valence-corrected chi connectivity index (χ3v) is 5.36. The number of hydrogen-bond donors (Lipinski definition) is 1. The first kappa shape index (κ1) is 15.5. The fourth-order valence-corrected chi connectivity index (χ4v) is 3.89. The van der Waals surface area contributed by atoms with Crippen LogP contribution in [0.2, 0.25) is 5.02 Å². The molecule has 1 aromatic carbocycles. The second-order valence-corrected chi connectivity index (χ2v) is 7.25. The summed E-state index contributed by atoms with van der Waals surface area (Å²) in [5, 5.41) is 4.43. The molecule has 0 unspecified atom stereocenters. The zero-order valence-electron chi connectivity index (χ0n) is 12.3. The normalized spacial score (nSPS) is 15.7. The van der Waals surface area contributed by atoms with Crippen LogP contribution in [0.3, 0.4) is 0 Å². The van der Waals surface area contributed by atoms with Crippen LogP contribution in [0.25, 0.3) is 0 Å². The number of nitrogens with zero attached hydrogens (tertiary/aromatic N) is 1. The minimum absolute atomic E-state index is 0.123. The number of carbonyl (C=O) groups excluding carboxylic acids is 1. The van der Waals surface area contributed by atoms with E-state index in [0.717, 1.165) is 47.6 Å². The Morgan fingerprint density at radius 2 is 2.05 bits per heavy atom. The van der Waals surface area contributed by atoms with Crippen molar-refractivity contribution in [3.8, 4) is 0 Å². The van der Waals surface area contributed by atoms with Crippen molar-refractivity contribution in [1.29, 1.82) is 0 Å². The van der Waals surface area contributed by atoms with Crippen molar-refractivity contribution in [2.24, 2.45) is 5.92 Å². The summed E-state index contributed by atoms with van der Waals surface area (Å²) in [5.41, 5.74) is 1.08. The summed E-state index contributed by atoms with van der Waals surface area (Å²) >= 11 is 7.71. The quantitative estimate of drug-likeness (QED) is 0.863. The topological polar surface area (TPSA) is 42.0 Å². The molecule has 1 amide bonds. The number of hydrogen-bond acceptors (Lipinski definition) is 3. The largest absolute Gasteiger partial charge is 0.302 e. The van der Waals surface area contributed by atoms with Gasteiger partial charge in [0.1, 0.15) is 0 Å². The van der Waals surface area contributed by atoms with Gasteiger partial charge in [-0.1, -0.05) is 49.1 Å². The molecular formula is C17H19ClN2OS. The van der Waals surface area contributed by atoms with E-state index in [9.17, 15) is 4.79 Å². The van der Waals surface area contributed by atoms with E-state index in [4.69, 9.17) is 11.6 Å². The smallest absolute Gasteiger partial charge is 0.229 e. The number of amides is 1. The van der Waals surface area contributed by atoms with Crippen LogP contribution >= 0.6 is 22.9 Å². The Bertz CT molecular complexity index is 650. The Morgan fingerprint density at radius 3 is 2.82 bits per heavy atom. The van der Waals surface area contributed by atoms with Gasteiger partial charge in [-0.3, -0.25) is 4.79 Å². The minimum atomic E-state index is 0.123. The first-order valence-corrected chi connectivity index (χ1v) is 8.91. The number of nitrogens with one attached hydrogen (secondary N) is 1. The van der Waals surface area contributed by atoms with Crippen LogP contribution in [0.15, 0.2) is 30.5 Å². The molecule has 1 saturated carbocycles. The molecule has 1 aliphatic carbocycles. The molecule has 0 spiro atoms. The van der Waals surface area contributed by atoms with Gasteiger partial charge in [-0.15, -0.1) is 11.3 Å². The number of anilines is 1. The molecule has 0 atom stereocenters. The van der Waals surface area contributed by atoms with Crippen molar-refractivity contribution >= 4 is 34.0 Å². The second-order valence-electron chi connectivity index (χ2n) is 5.72. The summed E-state index contributed by atoms with van der Waals surface area (Å²) in [5.74, 6) is 0.281. The molecule has 1 N–H and O–H groups in total. The molecule has 0 radical (unpaired) electrons. The summed E-state index contributed by atoms with van der Waals surface area (Å²) in [6, 6.07) is 7.81. The van der Waals surface area contributed by atoms with Crippen LogP contribution in [0, 0.1) is 5.92 Å². The summed E-state index contributed by atoms with van der Waals surface area (Å²) in [4.78, 5) is 17.6. The highest BCUT2D eigenvalue weighted by atomic mass is 35.5. The van der Waals surface area contributed by atoms with Gasteiger partial charge in [-0.2, -0.15) is 0 Å². The number of benzene rings is 1. The van der Waals surface area contributed by atoms with E-state index >= 15 is 0 Å². The average Bonchev–Trinajstić information content (AvgIpc) is 2.97. The SMILES string of the molecule is O=C(Nc1ncc(Cc2ccccc2Cl)s1)C1CCCCC1. The van der Waals surface area contributed by atoms with E-state index in [2.05, 4.69) is 10.3 Å². The van der Waals surface area contributed by atoms with Crippen LogP contribution in [0.1, 0.15) is 42.5 Å². The molecule has 0 saturated heterocycles. The van der Waals surface area contributed by atoms with Gasteiger partial charge < -0.3 is 5.32 Å². The lowest BCUT2D eigenvalue weighted by molar-refractivity contribution is -0.120. The van der Waals surface area contributed by atoms with Crippen molar-refractivity contribution in [3.05, 3.63) is 45.9 Å². The molecule has 1 aliphatic rings. The highest BCUT2D eigenvalue weighted by Gasteiger charge is 2.21. The number of halogens is 1. The lowest BCUT2D eigenvalue weighted by atomic mass is 9.89. The van der Waals surface area contributed by atoms with Crippen molar-refractivity contribution in [3.63, 3.8) is 0 Å². The highest BCUT2D eigenvalue weighted by molar-refractivity contribution is 7.15. The van der Waals surface area contributed by atoms with Gasteiger partial charge in [0, 0.05) is 28.4 Å². The Labute approximate surface area is 139 Å². The molecular weight excluding hydrogens is 316 g/mol. The van der Waals surface area contributed by atoms with Gasteiger partial charge in [0.15, 0.2) is 5.13 Å². The first-order valence-electron chi connectivity index (χ1n) is 7.71.